The molecule has 2 unspecified atom stereocenters. The third-order valence-electron chi connectivity index (χ3n) is 5.78. The van der Waals surface area contributed by atoms with E-state index in [1.54, 1.807) is 60.7 Å². The molecule has 1 aliphatic rings. The minimum atomic E-state index is -1.29. The second-order valence-electron chi connectivity index (χ2n) is 7.92. The summed E-state index contributed by atoms with van der Waals surface area (Å²) in [5, 5.41) is 9.39. The quantitative estimate of drug-likeness (QED) is 0.488. The number of nitrogens with two attached hydrogens (primary N) is 1. The van der Waals surface area contributed by atoms with Crippen molar-refractivity contribution in [2.75, 3.05) is 0 Å². The van der Waals surface area contributed by atoms with E-state index in [1.807, 2.05) is 0 Å². The molecule has 7 nitrogen and oxygen atoms in total. The van der Waals surface area contributed by atoms with E-state index < -0.39 is 35.7 Å². The normalized spacial score (nSPS) is 17.2. The van der Waals surface area contributed by atoms with E-state index in [-0.39, 0.29) is 6.42 Å². The van der Waals surface area contributed by atoms with Crippen molar-refractivity contribution in [2.24, 2.45) is 11.1 Å². The summed E-state index contributed by atoms with van der Waals surface area (Å²) in [5.41, 5.74) is 6.19. The van der Waals surface area contributed by atoms with Gasteiger partial charge in [-0.1, -0.05) is 67.8 Å². The highest BCUT2D eigenvalue weighted by Crippen LogP contribution is 2.42. The van der Waals surface area contributed by atoms with Gasteiger partial charge in [-0.2, -0.15) is 0 Å². The van der Waals surface area contributed by atoms with Gasteiger partial charge in [0.25, 0.3) is 6.29 Å². The van der Waals surface area contributed by atoms with Gasteiger partial charge >= 0.3 is 17.9 Å². The average molecular weight is 425 g/mol. The fourth-order valence-electron chi connectivity index (χ4n) is 4.09. The van der Waals surface area contributed by atoms with Crippen molar-refractivity contribution in [2.45, 2.75) is 50.9 Å². The van der Waals surface area contributed by atoms with Crippen LogP contribution in [0.2, 0.25) is 0 Å². The molecule has 0 aliphatic heterocycles. The van der Waals surface area contributed by atoms with Crippen molar-refractivity contribution < 1.29 is 29.0 Å². The van der Waals surface area contributed by atoms with Crippen LogP contribution in [-0.2, 0) is 19.1 Å². The maximum atomic E-state index is 13.0. The summed E-state index contributed by atoms with van der Waals surface area (Å²) < 4.78 is 11.0. The van der Waals surface area contributed by atoms with Crippen LogP contribution in [0.1, 0.15) is 60.7 Å². The molecule has 2 aromatic rings. The monoisotopic (exact) mass is 425 g/mol. The minimum absolute atomic E-state index is 0.205. The molecule has 1 fully saturated rings. The maximum Gasteiger partial charge on any atom is 0.341 e. The number of carbonyl (C=O) groups excluding carboxylic acids is 2. The molecule has 7 heteroatoms. The highest BCUT2D eigenvalue weighted by Gasteiger charge is 2.45. The standard InChI is InChI=1S/C24H27NO6/c25-20(24(16-19(26)27)14-8-3-9-15-24)22(29)31-23(18-12-6-2-7-13-18)30-21(28)17-10-4-1-5-11-17/h1-2,4-7,10-13,20,23H,3,8-9,14-16,25H2,(H,26,27). The van der Waals surface area contributed by atoms with E-state index in [4.69, 9.17) is 15.2 Å². The molecule has 0 heterocycles. The van der Waals surface area contributed by atoms with Crippen LogP contribution < -0.4 is 5.73 Å². The number of carboxylic acid groups (broad SMARTS) is 1. The van der Waals surface area contributed by atoms with Crippen LogP contribution in [0.4, 0.5) is 0 Å². The molecule has 0 bridgehead atoms. The molecule has 1 aliphatic carbocycles. The number of ether oxygens (including phenoxy) is 2. The van der Waals surface area contributed by atoms with Gasteiger partial charge in [0.15, 0.2) is 0 Å². The van der Waals surface area contributed by atoms with Crippen LogP contribution in [-0.4, -0.2) is 29.1 Å². The fraction of sp³-hybridized carbons (Fsp3) is 0.375. The van der Waals surface area contributed by atoms with Crippen molar-refractivity contribution in [3.8, 4) is 0 Å². The lowest BCUT2D eigenvalue weighted by Crippen LogP contribution is -2.50. The zero-order chi connectivity index (χ0) is 22.3. The fourth-order valence-corrected chi connectivity index (χ4v) is 4.09. The Morgan fingerprint density at radius 3 is 2.06 bits per heavy atom. The van der Waals surface area contributed by atoms with E-state index in [1.165, 1.54) is 0 Å². The van der Waals surface area contributed by atoms with Crippen molar-refractivity contribution >= 4 is 17.9 Å². The number of esters is 2. The highest BCUT2D eigenvalue weighted by atomic mass is 16.7. The van der Waals surface area contributed by atoms with Crippen LogP contribution in [0.25, 0.3) is 0 Å². The van der Waals surface area contributed by atoms with Gasteiger partial charge in [-0.3, -0.25) is 9.59 Å². The molecule has 3 rings (SSSR count). The molecule has 164 valence electrons. The number of hydrogen-bond donors (Lipinski definition) is 2. The Labute approximate surface area is 181 Å². The smallest absolute Gasteiger partial charge is 0.341 e. The summed E-state index contributed by atoms with van der Waals surface area (Å²) >= 11 is 0. The predicted molar refractivity (Wildman–Crippen MR) is 113 cm³/mol. The zero-order valence-corrected chi connectivity index (χ0v) is 17.2. The van der Waals surface area contributed by atoms with Gasteiger partial charge in [0, 0.05) is 11.0 Å². The molecule has 0 amide bonds. The third-order valence-corrected chi connectivity index (χ3v) is 5.78. The number of hydrogen-bond acceptors (Lipinski definition) is 6. The molecule has 0 aromatic heterocycles. The largest absolute Gasteiger partial charge is 0.481 e. The summed E-state index contributed by atoms with van der Waals surface area (Å²) in [5.74, 6) is -2.42. The molecule has 0 radical (unpaired) electrons. The Morgan fingerprint density at radius 2 is 1.48 bits per heavy atom. The molecule has 2 atom stereocenters. The van der Waals surface area contributed by atoms with Crippen molar-refractivity contribution in [1.29, 1.82) is 0 Å². The molecule has 31 heavy (non-hydrogen) atoms. The first-order valence-corrected chi connectivity index (χ1v) is 10.4. The Kier molecular flexibility index (Phi) is 7.41. The minimum Gasteiger partial charge on any atom is -0.481 e. The van der Waals surface area contributed by atoms with Crippen molar-refractivity contribution in [3.63, 3.8) is 0 Å². The summed E-state index contributed by atoms with van der Waals surface area (Å²) in [6.45, 7) is 0. The molecular weight excluding hydrogens is 398 g/mol. The first-order chi connectivity index (χ1) is 14.9. The van der Waals surface area contributed by atoms with E-state index in [2.05, 4.69) is 0 Å². The molecule has 1 saturated carbocycles. The van der Waals surface area contributed by atoms with Gasteiger partial charge < -0.3 is 20.3 Å². The second-order valence-corrected chi connectivity index (χ2v) is 7.92. The summed E-state index contributed by atoms with van der Waals surface area (Å²) in [7, 11) is 0. The van der Waals surface area contributed by atoms with E-state index in [9.17, 15) is 19.5 Å². The molecule has 0 spiro atoms. The lowest BCUT2D eigenvalue weighted by Gasteiger charge is -2.39. The van der Waals surface area contributed by atoms with Gasteiger partial charge in [0.05, 0.1) is 12.0 Å². The van der Waals surface area contributed by atoms with E-state index in [0.717, 1.165) is 19.3 Å². The van der Waals surface area contributed by atoms with Gasteiger partial charge in [-0.05, 0) is 25.0 Å². The summed E-state index contributed by atoms with van der Waals surface area (Å²) in [6, 6.07) is 15.9. The van der Waals surface area contributed by atoms with Gasteiger partial charge in [0.1, 0.15) is 6.04 Å². The van der Waals surface area contributed by atoms with Crippen LogP contribution >= 0.6 is 0 Å². The predicted octanol–water partition coefficient (Wildman–Crippen LogP) is 3.84. The first-order valence-electron chi connectivity index (χ1n) is 10.4. The van der Waals surface area contributed by atoms with Crippen LogP contribution in [0.5, 0.6) is 0 Å². The van der Waals surface area contributed by atoms with Gasteiger partial charge in [-0.25, -0.2) is 4.79 Å². The van der Waals surface area contributed by atoms with Gasteiger partial charge in [-0.15, -0.1) is 0 Å². The molecule has 3 N–H and O–H groups in total. The molecule has 2 aromatic carbocycles. The number of aliphatic carboxylic acids is 1. The number of benzene rings is 2. The van der Waals surface area contributed by atoms with E-state index in [0.29, 0.717) is 24.0 Å². The number of rotatable bonds is 8. The Morgan fingerprint density at radius 1 is 0.903 bits per heavy atom. The summed E-state index contributed by atoms with van der Waals surface area (Å²) in [6.07, 6.45) is 2.16. The Hall–Kier alpha value is -3.19. The number of carboxylic acids is 1. The van der Waals surface area contributed by atoms with Crippen LogP contribution in [0.3, 0.4) is 0 Å². The second kappa shape index (κ2) is 10.2. The summed E-state index contributed by atoms with van der Waals surface area (Å²) in [4.78, 5) is 37.0. The number of carbonyl (C=O) groups is 3. The van der Waals surface area contributed by atoms with Crippen molar-refractivity contribution in [1.82, 2.24) is 0 Å². The molecular formula is C24H27NO6. The third kappa shape index (κ3) is 5.70. The van der Waals surface area contributed by atoms with Crippen LogP contribution in [0, 0.1) is 5.41 Å². The zero-order valence-electron chi connectivity index (χ0n) is 17.2. The van der Waals surface area contributed by atoms with Gasteiger partial charge in [0.2, 0.25) is 0 Å². The SMILES string of the molecule is NC(C(=O)OC(OC(=O)c1ccccc1)c1ccccc1)C1(CC(=O)O)CCCCC1. The maximum absolute atomic E-state index is 13.0. The Balaban J connectivity index is 1.80. The van der Waals surface area contributed by atoms with E-state index >= 15 is 0 Å². The lowest BCUT2D eigenvalue weighted by molar-refractivity contribution is -0.176. The lowest BCUT2D eigenvalue weighted by atomic mass is 9.67. The average Bonchev–Trinajstić information content (AvgIpc) is 2.79. The van der Waals surface area contributed by atoms with Crippen LogP contribution in [0.15, 0.2) is 60.7 Å². The van der Waals surface area contributed by atoms with Crippen molar-refractivity contribution in [3.05, 3.63) is 71.8 Å². The topological polar surface area (TPSA) is 116 Å². The highest BCUT2D eigenvalue weighted by molar-refractivity contribution is 5.89. The Bertz CT molecular complexity index is 893. The molecule has 0 saturated heterocycles. The first kappa shape index (κ1) is 22.5.